The highest BCUT2D eigenvalue weighted by Gasteiger charge is 2.36. The van der Waals surface area contributed by atoms with Gasteiger partial charge < -0.3 is 0 Å². The highest BCUT2D eigenvalue weighted by Crippen LogP contribution is 2.41. The van der Waals surface area contributed by atoms with E-state index >= 15 is 0 Å². The molecule has 4 rings (SSSR count). The Kier molecular flexibility index (Phi) is 4.08. The van der Waals surface area contributed by atoms with Crippen LogP contribution < -0.4 is 0 Å². The van der Waals surface area contributed by atoms with Gasteiger partial charge in [0.05, 0.1) is 10.3 Å². The monoisotopic (exact) mass is 355 g/mol. The average molecular weight is 355 g/mol. The summed E-state index contributed by atoms with van der Waals surface area (Å²) >= 11 is 1.68. The van der Waals surface area contributed by atoms with Crippen LogP contribution in [0.2, 0.25) is 0 Å². The Morgan fingerprint density at radius 3 is 2.38 bits per heavy atom. The lowest BCUT2D eigenvalue weighted by atomic mass is 10.1. The molecule has 3 nitrogen and oxygen atoms in total. The van der Waals surface area contributed by atoms with Crippen molar-refractivity contribution in [2.24, 2.45) is 0 Å². The SMILES string of the molecule is O=S(=O)(c1ccc2ccccc2c1)N1CCS[C@@H]1c1ccccc1. The molecule has 1 fully saturated rings. The molecule has 24 heavy (non-hydrogen) atoms. The molecule has 0 N–H and O–H groups in total. The summed E-state index contributed by atoms with van der Waals surface area (Å²) in [6.45, 7) is 0.541. The van der Waals surface area contributed by atoms with Gasteiger partial charge in [0.1, 0.15) is 0 Å². The van der Waals surface area contributed by atoms with Gasteiger partial charge in [0, 0.05) is 12.3 Å². The maximum Gasteiger partial charge on any atom is 0.244 e. The number of hydrogen-bond donors (Lipinski definition) is 0. The van der Waals surface area contributed by atoms with Gasteiger partial charge in [-0.15, -0.1) is 11.8 Å². The Balaban J connectivity index is 1.75. The normalized spacial score (nSPS) is 18.9. The van der Waals surface area contributed by atoms with Crippen LogP contribution in [-0.4, -0.2) is 25.0 Å². The molecule has 3 aromatic carbocycles. The summed E-state index contributed by atoms with van der Waals surface area (Å²) in [4.78, 5) is 0.365. The summed E-state index contributed by atoms with van der Waals surface area (Å²) in [5.74, 6) is 0.812. The summed E-state index contributed by atoms with van der Waals surface area (Å²) in [5, 5.41) is 1.84. The van der Waals surface area contributed by atoms with Crippen LogP contribution in [0, 0.1) is 0 Å². The van der Waals surface area contributed by atoms with Crippen molar-refractivity contribution in [1.82, 2.24) is 4.31 Å². The first-order chi connectivity index (χ1) is 11.7. The van der Waals surface area contributed by atoms with Crippen molar-refractivity contribution < 1.29 is 8.42 Å². The first kappa shape index (κ1) is 15.7. The van der Waals surface area contributed by atoms with Crippen LogP contribution in [0.5, 0.6) is 0 Å². The van der Waals surface area contributed by atoms with Crippen LogP contribution in [0.3, 0.4) is 0 Å². The van der Waals surface area contributed by atoms with E-state index in [1.165, 1.54) is 0 Å². The third-order valence-electron chi connectivity index (χ3n) is 4.26. The maximum atomic E-state index is 13.2. The van der Waals surface area contributed by atoms with Gasteiger partial charge in [-0.25, -0.2) is 8.42 Å². The van der Waals surface area contributed by atoms with E-state index in [1.807, 2.05) is 60.7 Å². The fraction of sp³-hybridized carbons (Fsp3) is 0.158. The molecule has 1 aliphatic heterocycles. The van der Waals surface area contributed by atoms with Crippen molar-refractivity contribution in [1.29, 1.82) is 0 Å². The average Bonchev–Trinajstić information content (AvgIpc) is 3.13. The van der Waals surface area contributed by atoms with Crippen molar-refractivity contribution in [3.63, 3.8) is 0 Å². The van der Waals surface area contributed by atoms with Crippen LogP contribution in [0.25, 0.3) is 10.8 Å². The molecule has 0 amide bonds. The zero-order valence-electron chi connectivity index (χ0n) is 13.0. The largest absolute Gasteiger partial charge is 0.244 e. The Morgan fingerprint density at radius 2 is 1.58 bits per heavy atom. The van der Waals surface area contributed by atoms with Gasteiger partial charge in [0.2, 0.25) is 10.0 Å². The zero-order valence-corrected chi connectivity index (χ0v) is 14.6. The first-order valence-corrected chi connectivity index (χ1v) is 10.3. The van der Waals surface area contributed by atoms with E-state index in [4.69, 9.17) is 0 Å². The second-order valence-corrected chi connectivity index (χ2v) is 8.84. The Bertz CT molecular complexity index is 971. The third kappa shape index (κ3) is 2.73. The highest BCUT2D eigenvalue weighted by molar-refractivity contribution is 8.01. The maximum absolute atomic E-state index is 13.2. The molecule has 0 aliphatic carbocycles. The van der Waals surface area contributed by atoms with Crippen molar-refractivity contribution in [2.75, 3.05) is 12.3 Å². The summed E-state index contributed by atoms with van der Waals surface area (Å²) in [5.41, 5.74) is 1.03. The minimum Gasteiger partial charge on any atom is -0.207 e. The Morgan fingerprint density at radius 1 is 0.875 bits per heavy atom. The minimum atomic E-state index is -3.51. The van der Waals surface area contributed by atoms with E-state index < -0.39 is 10.0 Å². The molecule has 0 saturated carbocycles. The van der Waals surface area contributed by atoms with Gasteiger partial charge in [-0.2, -0.15) is 4.31 Å². The molecule has 122 valence electrons. The molecule has 0 radical (unpaired) electrons. The summed E-state index contributed by atoms with van der Waals surface area (Å²) in [6.07, 6.45) is 0. The number of hydrogen-bond acceptors (Lipinski definition) is 3. The molecule has 5 heteroatoms. The summed E-state index contributed by atoms with van der Waals surface area (Å²) < 4.78 is 28.0. The molecule has 1 atom stereocenters. The van der Waals surface area contributed by atoms with Crippen molar-refractivity contribution >= 4 is 32.6 Å². The van der Waals surface area contributed by atoms with Gasteiger partial charge in [-0.1, -0.05) is 60.7 Å². The lowest BCUT2D eigenvalue weighted by Crippen LogP contribution is -2.30. The van der Waals surface area contributed by atoms with Crippen LogP contribution in [0.4, 0.5) is 0 Å². The molecule has 1 aliphatic rings. The predicted octanol–water partition coefficient (Wildman–Crippen LogP) is 4.28. The number of benzene rings is 3. The van der Waals surface area contributed by atoms with Crippen LogP contribution in [-0.2, 0) is 10.0 Å². The van der Waals surface area contributed by atoms with Crippen molar-refractivity contribution in [3.8, 4) is 0 Å². The van der Waals surface area contributed by atoms with Crippen LogP contribution in [0.15, 0.2) is 77.7 Å². The van der Waals surface area contributed by atoms with Crippen molar-refractivity contribution in [3.05, 3.63) is 78.4 Å². The number of fused-ring (bicyclic) bond motifs is 1. The Hall–Kier alpha value is -1.82. The highest BCUT2D eigenvalue weighted by atomic mass is 32.2. The molecule has 1 heterocycles. The summed E-state index contributed by atoms with van der Waals surface area (Å²) in [6, 6.07) is 23.0. The van der Waals surface area contributed by atoms with Gasteiger partial charge in [0.25, 0.3) is 0 Å². The zero-order chi connectivity index (χ0) is 16.6. The molecule has 3 aromatic rings. The standard InChI is InChI=1S/C19H17NO2S2/c21-24(22,18-11-10-15-6-4-5-9-17(15)14-18)20-12-13-23-19(20)16-7-2-1-3-8-16/h1-11,14,19H,12-13H2/t19-/m1/s1. The van der Waals surface area contributed by atoms with Gasteiger partial charge in [-0.05, 0) is 28.5 Å². The number of nitrogens with zero attached hydrogens (tertiary/aromatic N) is 1. The minimum absolute atomic E-state index is 0.150. The van der Waals surface area contributed by atoms with Gasteiger partial charge in [0.15, 0.2) is 0 Å². The fourth-order valence-electron chi connectivity index (χ4n) is 3.04. The van der Waals surface area contributed by atoms with E-state index in [-0.39, 0.29) is 5.37 Å². The predicted molar refractivity (Wildman–Crippen MR) is 99.5 cm³/mol. The lowest BCUT2D eigenvalue weighted by Gasteiger charge is -2.23. The van der Waals surface area contributed by atoms with Crippen LogP contribution >= 0.6 is 11.8 Å². The quantitative estimate of drug-likeness (QED) is 0.704. The second-order valence-electron chi connectivity index (χ2n) is 5.76. The van der Waals surface area contributed by atoms with E-state index in [2.05, 4.69) is 0 Å². The van der Waals surface area contributed by atoms with Crippen molar-refractivity contribution in [2.45, 2.75) is 10.3 Å². The molecule has 0 bridgehead atoms. The van der Waals surface area contributed by atoms with E-state index in [9.17, 15) is 8.42 Å². The molecule has 0 aromatic heterocycles. The van der Waals surface area contributed by atoms with Crippen LogP contribution in [0.1, 0.15) is 10.9 Å². The molecule has 0 spiro atoms. The topological polar surface area (TPSA) is 37.4 Å². The fourth-order valence-corrected chi connectivity index (χ4v) is 6.32. The van der Waals surface area contributed by atoms with E-state index in [0.717, 1.165) is 22.1 Å². The number of thioether (sulfide) groups is 1. The van der Waals surface area contributed by atoms with Gasteiger partial charge >= 0.3 is 0 Å². The molecular formula is C19H17NO2S2. The smallest absolute Gasteiger partial charge is 0.207 e. The van der Waals surface area contributed by atoms with E-state index in [1.54, 1.807) is 28.2 Å². The summed E-state index contributed by atoms with van der Waals surface area (Å²) in [7, 11) is -3.51. The van der Waals surface area contributed by atoms with E-state index in [0.29, 0.717) is 11.4 Å². The third-order valence-corrected chi connectivity index (χ3v) is 7.52. The molecular weight excluding hydrogens is 338 g/mol. The number of rotatable bonds is 3. The Labute approximate surface area is 146 Å². The molecule has 1 saturated heterocycles. The second kappa shape index (κ2) is 6.24. The number of sulfonamides is 1. The molecule has 0 unspecified atom stereocenters. The van der Waals surface area contributed by atoms with Gasteiger partial charge in [-0.3, -0.25) is 0 Å². The first-order valence-electron chi connectivity index (χ1n) is 7.83. The lowest BCUT2D eigenvalue weighted by molar-refractivity contribution is 0.434.